The molecule has 1 aliphatic heterocycles. The minimum Gasteiger partial charge on any atom is -0.493 e. The molecular weight excluding hydrogens is 416 g/mol. The summed E-state index contributed by atoms with van der Waals surface area (Å²) in [5.41, 5.74) is 2.76. The van der Waals surface area contributed by atoms with Gasteiger partial charge in [0.05, 0.1) is 18.6 Å². The molecule has 1 aromatic heterocycles. The maximum Gasteiger partial charge on any atom is 0.374 e. The van der Waals surface area contributed by atoms with Gasteiger partial charge >= 0.3 is 5.97 Å². The largest absolute Gasteiger partial charge is 0.493 e. The minimum absolute atomic E-state index is 0.253. The van der Waals surface area contributed by atoms with Crippen molar-refractivity contribution in [1.82, 2.24) is 10.2 Å². The van der Waals surface area contributed by atoms with E-state index >= 15 is 0 Å². The molecule has 2 aromatic carbocycles. The maximum absolute atomic E-state index is 12.2. The molecule has 0 amide bonds. The van der Waals surface area contributed by atoms with Gasteiger partial charge in [0, 0.05) is 24.7 Å². The lowest BCUT2D eigenvalue weighted by Gasteiger charge is -2.34. The van der Waals surface area contributed by atoms with Crippen LogP contribution < -0.4 is 10.1 Å². The monoisotopic (exact) mass is 450 g/mol. The Labute approximate surface area is 195 Å². The van der Waals surface area contributed by atoms with E-state index in [1.54, 1.807) is 6.92 Å². The smallest absolute Gasteiger partial charge is 0.374 e. The Morgan fingerprint density at radius 1 is 1.12 bits per heavy atom. The molecule has 0 saturated carbocycles. The highest BCUT2D eigenvalue weighted by atomic mass is 16.5. The number of benzene rings is 2. The van der Waals surface area contributed by atoms with Gasteiger partial charge in [-0.15, -0.1) is 0 Å². The number of rotatable bonds is 10. The lowest BCUT2D eigenvalue weighted by molar-refractivity contribution is 0.0491. The fraction of sp³-hybridized carbons (Fsp3) is 0.444. The van der Waals surface area contributed by atoms with Crippen molar-refractivity contribution in [3.05, 3.63) is 65.4 Å². The average Bonchev–Trinajstić information content (AvgIpc) is 3.19. The van der Waals surface area contributed by atoms with Crippen LogP contribution in [-0.2, 0) is 11.3 Å². The Kier molecular flexibility index (Phi) is 8.02. The van der Waals surface area contributed by atoms with Crippen LogP contribution in [0.3, 0.4) is 0 Å². The third-order valence-electron chi connectivity index (χ3n) is 6.28. The van der Waals surface area contributed by atoms with Crippen molar-refractivity contribution in [3.8, 4) is 5.75 Å². The molecule has 33 heavy (non-hydrogen) atoms. The summed E-state index contributed by atoms with van der Waals surface area (Å²) in [6.07, 6.45) is 3.28. The van der Waals surface area contributed by atoms with E-state index < -0.39 is 5.97 Å². The van der Waals surface area contributed by atoms with E-state index in [0.29, 0.717) is 24.8 Å². The van der Waals surface area contributed by atoms with Gasteiger partial charge in [-0.2, -0.15) is 0 Å². The zero-order chi connectivity index (χ0) is 23.0. The van der Waals surface area contributed by atoms with Gasteiger partial charge in [-0.1, -0.05) is 36.4 Å². The Morgan fingerprint density at radius 2 is 1.91 bits per heavy atom. The van der Waals surface area contributed by atoms with Crippen LogP contribution in [0.5, 0.6) is 5.75 Å². The zero-order valence-electron chi connectivity index (χ0n) is 19.6. The molecule has 4 rings (SSSR count). The van der Waals surface area contributed by atoms with Gasteiger partial charge in [0.2, 0.25) is 5.76 Å². The Balaban J connectivity index is 1.40. The predicted molar refractivity (Wildman–Crippen MR) is 130 cm³/mol. The number of aryl methyl sites for hydroxylation is 1. The lowest BCUT2D eigenvalue weighted by Crippen LogP contribution is -2.43. The van der Waals surface area contributed by atoms with Crippen molar-refractivity contribution in [2.45, 2.75) is 45.7 Å². The van der Waals surface area contributed by atoms with Gasteiger partial charge in [-0.05, 0) is 63.9 Å². The summed E-state index contributed by atoms with van der Waals surface area (Å²) >= 11 is 0. The number of piperidine rings is 1. The normalized spacial score (nSPS) is 14.6. The van der Waals surface area contributed by atoms with E-state index in [4.69, 9.17) is 13.9 Å². The predicted octanol–water partition coefficient (Wildman–Crippen LogP) is 4.94. The van der Waals surface area contributed by atoms with Crippen LogP contribution in [0.1, 0.15) is 47.9 Å². The molecule has 0 spiro atoms. The molecule has 1 fully saturated rings. The van der Waals surface area contributed by atoms with E-state index in [1.165, 1.54) is 18.4 Å². The molecule has 1 N–H and O–H groups in total. The summed E-state index contributed by atoms with van der Waals surface area (Å²) in [4.78, 5) is 14.8. The van der Waals surface area contributed by atoms with Crippen molar-refractivity contribution in [2.24, 2.45) is 0 Å². The van der Waals surface area contributed by atoms with E-state index in [-0.39, 0.29) is 5.76 Å². The highest BCUT2D eigenvalue weighted by Gasteiger charge is 2.22. The molecule has 176 valence electrons. The highest BCUT2D eigenvalue weighted by Crippen LogP contribution is 2.33. The maximum atomic E-state index is 12.2. The summed E-state index contributed by atoms with van der Waals surface area (Å²) in [5, 5.41) is 4.32. The summed E-state index contributed by atoms with van der Waals surface area (Å²) in [6.45, 7) is 8.69. The summed E-state index contributed by atoms with van der Waals surface area (Å²) in [7, 11) is 0. The number of carbonyl (C=O) groups excluding carboxylic acids is 1. The van der Waals surface area contributed by atoms with Crippen LogP contribution in [0.2, 0.25) is 0 Å². The van der Waals surface area contributed by atoms with E-state index in [9.17, 15) is 4.79 Å². The molecule has 2 heterocycles. The third kappa shape index (κ3) is 5.75. The number of ether oxygens (including phenoxy) is 2. The number of fused-ring (bicyclic) bond motifs is 1. The van der Waals surface area contributed by atoms with Gasteiger partial charge < -0.3 is 19.2 Å². The molecule has 3 aromatic rings. The molecule has 0 radical (unpaired) electrons. The quantitative estimate of drug-likeness (QED) is 0.349. The fourth-order valence-corrected chi connectivity index (χ4v) is 4.61. The number of hydrogen-bond donors (Lipinski definition) is 1. The summed E-state index contributed by atoms with van der Waals surface area (Å²) < 4.78 is 17.1. The number of carbonyl (C=O) groups is 1. The van der Waals surface area contributed by atoms with Crippen LogP contribution >= 0.6 is 0 Å². The van der Waals surface area contributed by atoms with E-state index in [0.717, 1.165) is 49.3 Å². The molecule has 0 unspecified atom stereocenters. The highest BCUT2D eigenvalue weighted by molar-refractivity contribution is 5.98. The van der Waals surface area contributed by atoms with Crippen LogP contribution in [0, 0.1) is 6.92 Å². The Hall–Kier alpha value is -2.83. The number of furan rings is 1. The molecular formula is C27H34N2O4. The second-order valence-corrected chi connectivity index (χ2v) is 8.55. The first kappa shape index (κ1) is 23.3. The number of nitrogens with one attached hydrogen (secondary N) is 1. The van der Waals surface area contributed by atoms with Crippen LogP contribution in [0.4, 0.5) is 0 Å². The molecule has 0 aliphatic carbocycles. The van der Waals surface area contributed by atoms with Gasteiger partial charge in [0.15, 0.2) is 0 Å². The molecule has 1 aliphatic rings. The Bertz CT molecular complexity index is 1040. The second kappa shape index (κ2) is 11.3. The molecule has 6 nitrogen and oxygen atoms in total. The van der Waals surface area contributed by atoms with Crippen molar-refractivity contribution in [3.63, 3.8) is 0 Å². The zero-order valence-corrected chi connectivity index (χ0v) is 19.6. The molecule has 6 heteroatoms. The topological polar surface area (TPSA) is 63.9 Å². The standard InChI is InChI=1S/C27H34N2O4/c1-3-31-27(30)26-20(2)25-23(11-7-12-24(25)33-26)32-18-8-17-29(22-13-15-28-16-14-22)19-21-9-5-4-6-10-21/h4-7,9-12,22,28H,3,8,13-19H2,1-2H3. The van der Waals surface area contributed by atoms with Crippen molar-refractivity contribution < 1.29 is 18.7 Å². The summed E-state index contributed by atoms with van der Waals surface area (Å²) in [6, 6.07) is 17.0. The van der Waals surface area contributed by atoms with Gasteiger partial charge in [0.1, 0.15) is 11.3 Å². The van der Waals surface area contributed by atoms with Crippen molar-refractivity contribution in [2.75, 3.05) is 32.8 Å². The van der Waals surface area contributed by atoms with E-state index in [2.05, 4.69) is 40.5 Å². The molecule has 1 saturated heterocycles. The molecule has 0 atom stereocenters. The number of esters is 1. The van der Waals surface area contributed by atoms with Gasteiger partial charge in [-0.25, -0.2) is 4.79 Å². The lowest BCUT2D eigenvalue weighted by atomic mass is 10.0. The first-order valence-electron chi connectivity index (χ1n) is 12.0. The molecule has 0 bridgehead atoms. The van der Waals surface area contributed by atoms with Gasteiger partial charge in [0.25, 0.3) is 0 Å². The number of nitrogens with zero attached hydrogens (tertiary/aromatic N) is 1. The average molecular weight is 451 g/mol. The first-order valence-corrected chi connectivity index (χ1v) is 12.0. The number of hydrogen-bond acceptors (Lipinski definition) is 6. The van der Waals surface area contributed by atoms with E-state index in [1.807, 2.05) is 25.1 Å². The third-order valence-corrected chi connectivity index (χ3v) is 6.28. The van der Waals surface area contributed by atoms with Crippen LogP contribution in [0.25, 0.3) is 11.0 Å². The fourth-order valence-electron chi connectivity index (χ4n) is 4.61. The van der Waals surface area contributed by atoms with Gasteiger partial charge in [-0.3, -0.25) is 4.90 Å². The summed E-state index contributed by atoms with van der Waals surface area (Å²) in [5.74, 6) is 0.569. The van der Waals surface area contributed by atoms with Crippen LogP contribution in [0.15, 0.2) is 52.9 Å². The van der Waals surface area contributed by atoms with Crippen LogP contribution in [-0.4, -0.2) is 49.8 Å². The minimum atomic E-state index is -0.435. The SMILES string of the molecule is CCOC(=O)c1oc2cccc(OCCCN(Cc3ccccc3)C3CCNCC3)c2c1C. The first-order chi connectivity index (χ1) is 16.2. The van der Waals surface area contributed by atoms with Crippen molar-refractivity contribution >= 4 is 16.9 Å². The van der Waals surface area contributed by atoms with Crippen molar-refractivity contribution in [1.29, 1.82) is 0 Å². The Morgan fingerprint density at radius 3 is 2.67 bits per heavy atom. The second-order valence-electron chi connectivity index (χ2n) is 8.55.